The van der Waals surface area contributed by atoms with Gasteiger partial charge < -0.3 is 10.0 Å². The van der Waals surface area contributed by atoms with Crippen LogP contribution in [0.2, 0.25) is 0 Å². The van der Waals surface area contributed by atoms with Crippen LogP contribution < -0.4 is 0 Å². The Morgan fingerprint density at radius 2 is 2.00 bits per heavy atom. The topological polar surface area (TPSA) is 75.4 Å². The van der Waals surface area contributed by atoms with Gasteiger partial charge in [-0.05, 0) is 44.5 Å². The molecule has 0 radical (unpaired) electrons. The van der Waals surface area contributed by atoms with Crippen molar-refractivity contribution < 1.29 is 19.1 Å². The first kappa shape index (κ1) is 17.7. The number of hydrogen-bond donors (Lipinski definition) is 1. The minimum atomic E-state index is -1.10. The molecule has 2 aromatic rings. The Morgan fingerprint density at radius 3 is 2.50 bits per heavy atom. The van der Waals surface area contributed by atoms with Crippen molar-refractivity contribution in [1.29, 1.82) is 0 Å². The molecule has 0 atom stereocenters. The van der Waals surface area contributed by atoms with Crippen LogP contribution >= 0.6 is 0 Å². The molecule has 7 heteroatoms. The van der Waals surface area contributed by atoms with E-state index in [9.17, 15) is 14.0 Å². The monoisotopic (exact) mass is 333 g/mol. The average molecular weight is 333 g/mol. The van der Waals surface area contributed by atoms with Crippen LogP contribution in [0, 0.1) is 19.7 Å². The number of rotatable bonds is 6. The zero-order valence-corrected chi connectivity index (χ0v) is 13.9. The summed E-state index contributed by atoms with van der Waals surface area (Å²) in [5, 5.41) is 13.1. The maximum absolute atomic E-state index is 14.4. The summed E-state index contributed by atoms with van der Waals surface area (Å²) in [6.45, 7) is 5.36. The highest BCUT2D eigenvalue weighted by atomic mass is 19.1. The summed E-state index contributed by atoms with van der Waals surface area (Å²) in [5.74, 6) is -2.19. The summed E-state index contributed by atoms with van der Waals surface area (Å²) in [4.78, 5) is 24.5. The van der Waals surface area contributed by atoms with Crippen molar-refractivity contribution in [2.45, 2.75) is 27.2 Å². The van der Waals surface area contributed by atoms with Gasteiger partial charge in [-0.25, -0.2) is 9.07 Å². The number of hydrogen-bond acceptors (Lipinski definition) is 3. The van der Waals surface area contributed by atoms with E-state index in [-0.39, 0.29) is 11.3 Å². The van der Waals surface area contributed by atoms with Gasteiger partial charge in [0.1, 0.15) is 18.0 Å². The quantitative estimate of drug-likeness (QED) is 0.881. The van der Waals surface area contributed by atoms with Crippen molar-refractivity contribution in [2.75, 3.05) is 13.1 Å². The van der Waals surface area contributed by atoms with E-state index in [1.54, 1.807) is 0 Å². The maximum atomic E-state index is 14.4. The average Bonchev–Trinajstić information content (AvgIpc) is 2.84. The van der Waals surface area contributed by atoms with E-state index in [0.29, 0.717) is 13.0 Å². The van der Waals surface area contributed by atoms with Crippen molar-refractivity contribution in [3.63, 3.8) is 0 Å². The van der Waals surface area contributed by atoms with Gasteiger partial charge >= 0.3 is 5.97 Å². The molecule has 0 unspecified atom stereocenters. The van der Waals surface area contributed by atoms with Gasteiger partial charge in [0.05, 0.1) is 5.69 Å². The number of aryl methyl sites for hydroxylation is 2. The number of carbonyl (C=O) groups is 2. The summed E-state index contributed by atoms with van der Waals surface area (Å²) in [6, 6.07) is 5.92. The second-order valence-corrected chi connectivity index (χ2v) is 5.63. The molecular weight excluding hydrogens is 313 g/mol. The smallest absolute Gasteiger partial charge is 0.323 e. The fourth-order valence-electron chi connectivity index (χ4n) is 2.55. The Labute approximate surface area is 139 Å². The van der Waals surface area contributed by atoms with Crippen LogP contribution in [0.25, 0.3) is 5.69 Å². The molecule has 1 heterocycles. The first-order valence-corrected chi connectivity index (χ1v) is 7.67. The molecule has 0 saturated heterocycles. The zero-order chi connectivity index (χ0) is 17.9. The summed E-state index contributed by atoms with van der Waals surface area (Å²) in [7, 11) is 0. The molecule has 6 nitrogen and oxygen atoms in total. The van der Waals surface area contributed by atoms with Gasteiger partial charge in [-0.1, -0.05) is 6.92 Å². The highest BCUT2D eigenvalue weighted by molar-refractivity contribution is 5.96. The van der Waals surface area contributed by atoms with Gasteiger partial charge in [0.2, 0.25) is 0 Å². The first-order chi connectivity index (χ1) is 11.3. The van der Waals surface area contributed by atoms with E-state index < -0.39 is 24.2 Å². The van der Waals surface area contributed by atoms with Crippen molar-refractivity contribution >= 4 is 11.9 Å². The summed E-state index contributed by atoms with van der Waals surface area (Å²) in [6.07, 6.45) is 0.616. The van der Waals surface area contributed by atoms with Crippen molar-refractivity contribution in [3.05, 3.63) is 47.0 Å². The normalized spacial score (nSPS) is 10.7. The van der Waals surface area contributed by atoms with Crippen LogP contribution in [0.4, 0.5) is 4.39 Å². The van der Waals surface area contributed by atoms with Crippen molar-refractivity contribution in [2.24, 2.45) is 0 Å². The van der Waals surface area contributed by atoms with Gasteiger partial charge in [-0.3, -0.25) is 9.59 Å². The minimum absolute atomic E-state index is 0.118. The fourth-order valence-corrected chi connectivity index (χ4v) is 2.55. The SMILES string of the molecule is CCCN(CC(=O)O)C(=O)c1ccc(-n2nc(C)cc2C)c(F)c1. The van der Waals surface area contributed by atoms with Crippen LogP contribution in [0.3, 0.4) is 0 Å². The lowest BCUT2D eigenvalue weighted by Crippen LogP contribution is -2.36. The third-order valence-corrected chi connectivity index (χ3v) is 3.54. The number of aromatic nitrogens is 2. The Morgan fingerprint density at radius 1 is 1.29 bits per heavy atom. The second kappa shape index (κ2) is 7.25. The number of nitrogens with zero attached hydrogens (tertiary/aromatic N) is 3. The van der Waals surface area contributed by atoms with E-state index in [4.69, 9.17) is 5.11 Å². The molecule has 1 amide bonds. The number of aliphatic carboxylic acids is 1. The number of amides is 1. The maximum Gasteiger partial charge on any atom is 0.323 e. The Bertz CT molecular complexity index is 770. The highest BCUT2D eigenvalue weighted by Gasteiger charge is 2.19. The van der Waals surface area contributed by atoms with E-state index in [2.05, 4.69) is 5.10 Å². The van der Waals surface area contributed by atoms with Crippen molar-refractivity contribution in [3.8, 4) is 5.69 Å². The number of carboxylic acids is 1. The first-order valence-electron chi connectivity index (χ1n) is 7.67. The second-order valence-electron chi connectivity index (χ2n) is 5.63. The molecule has 0 bridgehead atoms. The predicted molar refractivity (Wildman–Crippen MR) is 86.8 cm³/mol. The van der Waals surface area contributed by atoms with Crippen LogP contribution in [0.5, 0.6) is 0 Å². The lowest BCUT2D eigenvalue weighted by Gasteiger charge is -2.20. The zero-order valence-electron chi connectivity index (χ0n) is 13.9. The molecule has 0 fully saturated rings. The molecule has 1 aromatic carbocycles. The summed E-state index contributed by atoms with van der Waals surface area (Å²) < 4.78 is 15.9. The van der Waals surface area contributed by atoms with Gasteiger partial charge in [-0.15, -0.1) is 0 Å². The van der Waals surface area contributed by atoms with Gasteiger partial charge in [-0.2, -0.15) is 5.10 Å². The van der Waals surface area contributed by atoms with Crippen LogP contribution in [-0.4, -0.2) is 44.8 Å². The Kier molecular flexibility index (Phi) is 5.33. The molecule has 2 rings (SSSR count). The number of benzene rings is 1. The van der Waals surface area contributed by atoms with Crippen molar-refractivity contribution in [1.82, 2.24) is 14.7 Å². The van der Waals surface area contributed by atoms with Gasteiger partial charge in [0.25, 0.3) is 5.91 Å². The van der Waals surface area contributed by atoms with Gasteiger partial charge in [0.15, 0.2) is 0 Å². The molecule has 24 heavy (non-hydrogen) atoms. The molecule has 0 aliphatic carbocycles. The lowest BCUT2D eigenvalue weighted by atomic mass is 10.1. The highest BCUT2D eigenvalue weighted by Crippen LogP contribution is 2.18. The molecule has 128 valence electrons. The molecule has 1 N–H and O–H groups in total. The number of halogens is 1. The molecule has 0 aliphatic rings. The molecule has 1 aromatic heterocycles. The van der Waals surface area contributed by atoms with Crippen LogP contribution in [-0.2, 0) is 4.79 Å². The van der Waals surface area contributed by atoms with E-state index >= 15 is 0 Å². The molecule has 0 aliphatic heterocycles. The molecule has 0 spiro atoms. The minimum Gasteiger partial charge on any atom is -0.480 e. The fraction of sp³-hybridized carbons (Fsp3) is 0.353. The number of carboxylic acid groups (broad SMARTS) is 1. The largest absolute Gasteiger partial charge is 0.480 e. The van der Waals surface area contributed by atoms with E-state index in [0.717, 1.165) is 17.5 Å². The molecular formula is C17H20FN3O3. The van der Waals surface area contributed by atoms with E-state index in [1.165, 1.54) is 21.7 Å². The standard InChI is InChI=1S/C17H20FN3O3/c1-4-7-20(10-16(22)23)17(24)13-5-6-15(14(18)9-13)21-12(3)8-11(2)19-21/h5-6,8-9H,4,7,10H2,1-3H3,(H,22,23). The van der Waals surface area contributed by atoms with Gasteiger partial charge in [0, 0.05) is 17.8 Å². The van der Waals surface area contributed by atoms with E-state index in [1.807, 2.05) is 26.8 Å². The summed E-state index contributed by atoms with van der Waals surface area (Å²) >= 11 is 0. The Hall–Kier alpha value is -2.70. The number of carbonyl (C=O) groups excluding carboxylic acids is 1. The third kappa shape index (κ3) is 3.79. The Balaban J connectivity index is 2.32. The third-order valence-electron chi connectivity index (χ3n) is 3.54. The predicted octanol–water partition coefficient (Wildman–Crippen LogP) is 2.57. The lowest BCUT2D eigenvalue weighted by molar-refractivity contribution is -0.137. The summed E-state index contributed by atoms with van der Waals surface area (Å²) in [5.41, 5.74) is 1.91. The van der Waals surface area contributed by atoms with Crippen LogP contribution in [0.1, 0.15) is 35.1 Å². The molecule has 0 saturated carbocycles. The van der Waals surface area contributed by atoms with Crippen LogP contribution in [0.15, 0.2) is 24.3 Å².